The highest BCUT2D eigenvalue weighted by molar-refractivity contribution is 8.00. The highest BCUT2D eigenvalue weighted by Crippen LogP contribution is 2.29. The van der Waals surface area contributed by atoms with E-state index in [1.165, 1.54) is 17.4 Å². The van der Waals surface area contributed by atoms with Crippen LogP contribution >= 0.6 is 11.8 Å². The van der Waals surface area contributed by atoms with Gasteiger partial charge in [-0.05, 0) is 43.2 Å². The molecule has 1 aliphatic heterocycles. The van der Waals surface area contributed by atoms with Crippen molar-refractivity contribution in [3.63, 3.8) is 0 Å². The van der Waals surface area contributed by atoms with Crippen LogP contribution in [0.15, 0.2) is 58.5 Å². The van der Waals surface area contributed by atoms with Gasteiger partial charge in [0.1, 0.15) is 0 Å². The highest BCUT2D eigenvalue weighted by Gasteiger charge is 2.11. The lowest BCUT2D eigenvalue weighted by molar-refractivity contribution is -0.118. The number of morpholine rings is 1. The van der Waals surface area contributed by atoms with E-state index in [-0.39, 0.29) is 5.91 Å². The van der Waals surface area contributed by atoms with Crippen LogP contribution in [0.2, 0.25) is 0 Å². The van der Waals surface area contributed by atoms with Crippen molar-refractivity contribution in [1.82, 2.24) is 10.4 Å². The number of rotatable bonds is 6. The third-order valence-corrected chi connectivity index (χ3v) is 6.22. The SMILES string of the molecule is Cc1cc(SCC(=O)NN=Cc2ccc(N3CCOCC3)cc2)c2cccc(C)c2n1. The average Bonchev–Trinajstić information content (AvgIpc) is 2.79. The van der Waals surface area contributed by atoms with E-state index >= 15 is 0 Å². The lowest BCUT2D eigenvalue weighted by Crippen LogP contribution is -2.36. The lowest BCUT2D eigenvalue weighted by Gasteiger charge is -2.28. The standard InChI is InChI=1S/C24H26N4O2S/c1-17-4-3-5-21-22(14-18(2)26-24(17)21)31-16-23(29)27-25-15-19-6-8-20(9-7-19)28-10-12-30-13-11-28/h3-9,14-15H,10-13,16H2,1-2H3,(H,27,29). The summed E-state index contributed by atoms with van der Waals surface area (Å²) in [6, 6.07) is 16.3. The molecule has 0 atom stereocenters. The molecule has 2 aromatic carbocycles. The van der Waals surface area contributed by atoms with E-state index in [0.29, 0.717) is 5.75 Å². The molecule has 1 N–H and O–H groups in total. The smallest absolute Gasteiger partial charge is 0.250 e. The van der Waals surface area contributed by atoms with Gasteiger partial charge in [-0.15, -0.1) is 11.8 Å². The highest BCUT2D eigenvalue weighted by atomic mass is 32.2. The molecular weight excluding hydrogens is 408 g/mol. The number of aryl methyl sites for hydroxylation is 2. The van der Waals surface area contributed by atoms with Gasteiger partial charge in [0.2, 0.25) is 5.91 Å². The number of anilines is 1. The maximum absolute atomic E-state index is 12.3. The Bertz CT molecular complexity index is 1090. The van der Waals surface area contributed by atoms with E-state index in [0.717, 1.165) is 58.9 Å². The van der Waals surface area contributed by atoms with Crippen LogP contribution in [-0.2, 0) is 9.53 Å². The summed E-state index contributed by atoms with van der Waals surface area (Å²) in [5.41, 5.74) is 7.81. The second-order valence-corrected chi connectivity index (χ2v) is 8.52. The van der Waals surface area contributed by atoms with Gasteiger partial charge in [0.25, 0.3) is 0 Å². The predicted molar refractivity (Wildman–Crippen MR) is 127 cm³/mol. The first-order valence-corrected chi connectivity index (χ1v) is 11.3. The number of carbonyl (C=O) groups is 1. The molecule has 31 heavy (non-hydrogen) atoms. The molecule has 1 fully saturated rings. The van der Waals surface area contributed by atoms with Crippen LogP contribution in [0.1, 0.15) is 16.8 Å². The van der Waals surface area contributed by atoms with E-state index < -0.39 is 0 Å². The topological polar surface area (TPSA) is 66.8 Å². The van der Waals surface area contributed by atoms with Crippen LogP contribution < -0.4 is 10.3 Å². The average molecular weight is 435 g/mol. The van der Waals surface area contributed by atoms with Crippen LogP contribution in [0.3, 0.4) is 0 Å². The molecule has 0 aliphatic carbocycles. The maximum Gasteiger partial charge on any atom is 0.250 e. The van der Waals surface area contributed by atoms with Crippen LogP contribution in [-0.4, -0.2) is 49.2 Å². The summed E-state index contributed by atoms with van der Waals surface area (Å²) in [4.78, 5) is 20.3. The molecule has 2 heterocycles. The second kappa shape index (κ2) is 9.94. The fourth-order valence-corrected chi connectivity index (χ4v) is 4.47. The summed E-state index contributed by atoms with van der Waals surface area (Å²) in [5, 5.41) is 5.18. The van der Waals surface area contributed by atoms with Crippen LogP contribution in [0.25, 0.3) is 10.9 Å². The minimum atomic E-state index is -0.138. The fraction of sp³-hybridized carbons (Fsp3) is 0.292. The molecule has 0 bridgehead atoms. The van der Waals surface area contributed by atoms with Crippen molar-refractivity contribution >= 4 is 40.5 Å². The Morgan fingerprint density at radius 2 is 1.97 bits per heavy atom. The minimum Gasteiger partial charge on any atom is -0.378 e. The van der Waals surface area contributed by atoms with Crippen molar-refractivity contribution in [3.05, 3.63) is 65.4 Å². The zero-order valence-electron chi connectivity index (χ0n) is 17.8. The Labute approximate surface area is 186 Å². The Morgan fingerprint density at radius 3 is 2.74 bits per heavy atom. The third-order valence-electron chi connectivity index (χ3n) is 5.16. The zero-order valence-corrected chi connectivity index (χ0v) is 18.6. The number of pyridine rings is 1. The number of benzene rings is 2. The number of aromatic nitrogens is 1. The third kappa shape index (κ3) is 5.42. The number of fused-ring (bicyclic) bond motifs is 1. The van der Waals surface area contributed by atoms with Crippen molar-refractivity contribution in [1.29, 1.82) is 0 Å². The van der Waals surface area contributed by atoms with Crippen molar-refractivity contribution in [2.45, 2.75) is 18.7 Å². The number of nitrogens with zero attached hydrogens (tertiary/aromatic N) is 3. The quantitative estimate of drug-likeness (QED) is 0.362. The first-order valence-electron chi connectivity index (χ1n) is 10.3. The zero-order chi connectivity index (χ0) is 21.6. The monoisotopic (exact) mass is 434 g/mol. The van der Waals surface area contributed by atoms with E-state index in [9.17, 15) is 4.79 Å². The molecule has 1 aliphatic rings. The Kier molecular flexibility index (Phi) is 6.84. The first kappa shape index (κ1) is 21.3. The van der Waals surface area contributed by atoms with Gasteiger partial charge in [-0.3, -0.25) is 9.78 Å². The van der Waals surface area contributed by atoms with Crippen molar-refractivity contribution in [2.75, 3.05) is 37.0 Å². The largest absolute Gasteiger partial charge is 0.378 e. The molecule has 1 amide bonds. The number of carbonyl (C=O) groups excluding carboxylic acids is 1. The van der Waals surface area contributed by atoms with Crippen LogP contribution in [0.5, 0.6) is 0 Å². The van der Waals surface area contributed by atoms with Gasteiger partial charge in [-0.1, -0.05) is 30.3 Å². The van der Waals surface area contributed by atoms with Crippen molar-refractivity contribution in [2.24, 2.45) is 5.10 Å². The van der Waals surface area contributed by atoms with E-state index in [4.69, 9.17) is 4.74 Å². The molecule has 1 aromatic heterocycles. The molecule has 0 radical (unpaired) electrons. The van der Waals surface area contributed by atoms with Gasteiger partial charge in [0, 0.05) is 34.8 Å². The number of amides is 1. The Morgan fingerprint density at radius 1 is 1.19 bits per heavy atom. The number of ether oxygens (including phenoxy) is 1. The molecule has 3 aromatic rings. The Balaban J connectivity index is 1.32. The number of hydrogen-bond acceptors (Lipinski definition) is 6. The molecule has 0 spiro atoms. The number of nitrogens with one attached hydrogen (secondary N) is 1. The number of hydrogen-bond donors (Lipinski definition) is 1. The summed E-state index contributed by atoms with van der Waals surface area (Å²) in [6.07, 6.45) is 1.67. The van der Waals surface area contributed by atoms with E-state index in [1.807, 2.05) is 37.3 Å². The summed E-state index contributed by atoms with van der Waals surface area (Å²) < 4.78 is 5.39. The van der Waals surface area contributed by atoms with Gasteiger partial charge < -0.3 is 9.64 Å². The van der Waals surface area contributed by atoms with E-state index in [2.05, 4.69) is 45.5 Å². The fourth-order valence-electron chi connectivity index (χ4n) is 3.55. The van der Waals surface area contributed by atoms with Crippen LogP contribution in [0, 0.1) is 13.8 Å². The molecule has 0 saturated carbocycles. The number of para-hydroxylation sites is 1. The first-order chi connectivity index (χ1) is 15.1. The number of hydrazone groups is 1. The lowest BCUT2D eigenvalue weighted by atomic mass is 10.1. The van der Waals surface area contributed by atoms with Crippen LogP contribution in [0.4, 0.5) is 5.69 Å². The Hall–Kier alpha value is -2.90. The molecular formula is C24H26N4O2S. The van der Waals surface area contributed by atoms with Gasteiger partial charge >= 0.3 is 0 Å². The molecule has 0 unspecified atom stereocenters. The second-order valence-electron chi connectivity index (χ2n) is 7.51. The molecule has 4 rings (SSSR count). The number of thioether (sulfide) groups is 1. The summed E-state index contributed by atoms with van der Waals surface area (Å²) in [5.74, 6) is 0.154. The predicted octanol–water partition coefficient (Wildman–Crippen LogP) is 3.93. The molecule has 7 heteroatoms. The minimum absolute atomic E-state index is 0.138. The van der Waals surface area contributed by atoms with E-state index in [1.54, 1.807) is 6.21 Å². The molecule has 160 valence electrons. The van der Waals surface area contributed by atoms with Crippen molar-refractivity contribution < 1.29 is 9.53 Å². The summed E-state index contributed by atoms with van der Waals surface area (Å²) in [7, 11) is 0. The van der Waals surface area contributed by atoms with Gasteiger partial charge in [-0.2, -0.15) is 5.10 Å². The summed E-state index contributed by atoms with van der Waals surface area (Å²) >= 11 is 1.50. The van der Waals surface area contributed by atoms with Crippen molar-refractivity contribution in [3.8, 4) is 0 Å². The molecule has 1 saturated heterocycles. The summed E-state index contributed by atoms with van der Waals surface area (Å²) in [6.45, 7) is 7.38. The van der Waals surface area contributed by atoms with Gasteiger partial charge in [0.05, 0.1) is 30.7 Å². The van der Waals surface area contributed by atoms with Gasteiger partial charge in [0.15, 0.2) is 0 Å². The van der Waals surface area contributed by atoms with Gasteiger partial charge in [-0.25, -0.2) is 5.43 Å². The normalized spacial score (nSPS) is 14.3. The molecule has 6 nitrogen and oxygen atoms in total. The maximum atomic E-state index is 12.3.